The number of nitrogens with zero attached hydrogens (tertiary/aromatic N) is 3. The number of hydrazone groups is 1. The number of thiazole rings is 1. The second-order valence-corrected chi connectivity index (χ2v) is 7.85. The Labute approximate surface area is 166 Å². The predicted molar refractivity (Wildman–Crippen MR) is 107 cm³/mol. The van der Waals surface area contributed by atoms with Crippen LogP contribution in [0.3, 0.4) is 0 Å². The molecule has 3 heterocycles. The van der Waals surface area contributed by atoms with Gasteiger partial charge in [0.1, 0.15) is 5.58 Å². The Morgan fingerprint density at radius 2 is 2.15 bits per heavy atom. The number of aromatic nitrogens is 1. The number of carbonyl (C=O) groups is 1. The van der Waals surface area contributed by atoms with Crippen LogP contribution in [0.4, 0.5) is 5.13 Å². The number of aliphatic hydroxyl groups excluding tert-OH is 1. The van der Waals surface area contributed by atoms with Crippen molar-refractivity contribution in [2.45, 2.75) is 13.3 Å². The maximum absolute atomic E-state index is 12.5. The Kier molecular flexibility index (Phi) is 4.67. The Bertz CT molecular complexity index is 1140. The molecule has 0 bridgehead atoms. The Balaban J connectivity index is 1.71. The molecule has 1 unspecified atom stereocenters. The standard InChI is InChI=1S/C18H14BrN3O4S/c1-9-12(4-5-23)16(24)22(21-9)18-20-14(8-27-18)13-7-10-6-11(19)2-3-15(10)26-17(13)25/h2-3,6-8,12,23H,4-5H2,1H3. The van der Waals surface area contributed by atoms with Crippen molar-refractivity contribution in [2.75, 3.05) is 11.6 Å². The summed E-state index contributed by atoms with van der Waals surface area (Å²) in [5.41, 5.74) is 1.39. The first-order chi connectivity index (χ1) is 13.0. The molecule has 7 nitrogen and oxygen atoms in total. The predicted octanol–water partition coefficient (Wildman–Crippen LogP) is 3.40. The van der Waals surface area contributed by atoms with Crippen LogP contribution >= 0.6 is 27.3 Å². The van der Waals surface area contributed by atoms with Gasteiger partial charge in [0.25, 0.3) is 5.91 Å². The minimum Gasteiger partial charge on any atom is -0.422 e. The Morgan fingerprint density at radius 1 is 1.33 bits per heavy atom. The summed E-state index contributed by atoms with van der Waals surface area (Å²) in [6.45, 7) is 1.66. The number of hydrogen-bond acceptors (Lipinski definition) is 7. The van der Waals surface area contributed by atoms with Crippen LogP contribution in [0.2, 0.25) is 0 Å². The summed E-state index contributed by atoms with van der Waals surface area (Å²) >= 11 is 4.62. The summed E-state index contributed by atoms with van der Waals surface area (Å²) in [5, 5.41) is 17.5. The van der Waals surface area contributed by atoms with E-state index in [0.29, 0.717) is 34.1 Å². The SMILES string of the molecule is CC1=NN(c2nc(-c3cc4cc(Br)ccc4oc3=O)cs2)C(=O)C1CCO. The molecule has 4 rings (SSSR count). The summed E-state index contributed by atoms with van der Waals surface area (Å²) in [4.78, 5) is 29.3. The lowest BCUT2D eigenvalue weighted by atomic mass is 10.0. The van der Waals surface area contributed by atoms with Crippen molar-refractivity contribution in [3.8, 4) is 11.3 Å². The van der Waals surface area contributed by atoms with Crippen molar-refractivity contribution >= 4 is 55.0 Å². The van der Waals surface area contributed by atoms with Crippen molar-refractivity contribution in [3.05, 3.63) is 44.5 Å². The third kappa shape index (κ3) is 3.22. The third-order valence-electron chi connectivity index (χ3n) is 4.33. The Morgan fingerprint density at radius 3 is 2.93 bits per heavy atom. The summed E-state index contributed by atoms with van der Waals surface area (Å²) in [6.07, 6.45) is 0.325. The number of halogens is 1. The molecule has 1 amide bonds. The van der Waals surface area contributed by atoms with E-state index in [1.807, 2.05) is 6.07 Å². The van der Waals surface area contributed by atoms with E-state index in [-0.39, 0.29) is 12.5 Å². The number of anilines is 1. The fourth-order valence-corrected chi connectivity index (χ4v) is 4.12. The molecule has 9 heteroatoms. The van der Waals surface area contributed by atoms with Gasteiger partial charge in [0.05, 0.1) is 17.2 Å². The fourth-order valence-electron chi connectivity index (χ4n) is 2.96. The van der Waals surface area contributed by atoms with E-state index in [0.717, 1.165) is 9.86 Å². The minimum absolute atomic E-state index is 0.0894. The lowest BCUT2D eigenvalue weighted by molar-refractivity contribution is -0.120. The molecule has 2 aromatic heterocycles. The molecule has 0 saturated heterocycles. The van der Waals surface area contributed by atoms with Crippen LogP contribution in [0.5, 0.6) is 0 Å². The summed E-state index contributed by atoms with van der Waals surface area (Å²) < 4.78 is 6.25. The van der Waals surface area contributed by atoms with E-state index in [9.17, 15) is 9.59 Å². The topological polar surface area (TPSA) is 96.0 Å². The van der Waals surface area contributed by atoms with Gasteiger partial charge in [-0.05, 0) is 37.6 Å². The molecule has 1 aliphatic rings. The third-order valence-corrected chi connectivity index (χ3v) is 5.64. The number of amides is 1. The van der Waals surface area contributed by atoms with Gasteiger partial charge in [0, 0.05) is 27.6 Å². The number of rotatable bonds is 4. The van der Waals surface area contributed by atoms with E-state index in [1.54, 1.807) is 30.5 Å². The van der Waals surface area contributed by atoms with E-state index >= 15 is 0 Å². The van der Waals surface area contributed by atoms with Gasteiger partial charge in [-0.15, -0.1) is 11.3 Å². The van der Waals surface area contributed by atoms with Gasteiger partial charge >= 0.3 is 5.63 Å². The zero-order valence-electron chi connectivity index (χ0n) is 14.2. The largest absolute Gasteiger partial charge is 0.422 e. The highest BCUT2D eigenvalue weighted by Gasteiger charge is 2.35. The van der Waals surface area contributed by atoms with Crippen molar-refractivity contribution in [1.29, 1.82) is 0 Å². The van der Waals surface area contributed by atoms with Crippen LogP contribution in [-0.4, -0.2) is 28.3 Å². The zero-order valence-corrected chi connectivity index (χ0v) is 16.6. The van der Waals surface area contributed by atoms with E-state index in [1.165, 1.54) is 16.3 Å². The van der Waals surface area contributed by atoms with Crippen LogP contribution < -0.4 is 10.6 Å². The quantitative estimate of drug-likeness (QED) is 0.618. The first kappa shape index (κ1) is 18.0. The lowest BCUT2D eigenvalue weighted by Gasteiger charge is -2.10. The minimum atomic E-state index is -0.493. The van der Waals surface area contributed by atoms with Crippen LogP contribution in [0.15, 0.2) is 48.4 Å². The highest BCUT2D eigenvalue weighted by Crippen LogP contribution is 2.32. The monoisotopic (exact) mass is 447 g/mol. The highest BCUT2D eigenvalue weighted by molar-refractivity contribution is 9.10. The molecular formula is C18H14BrN3O4S. The molecule has 0 radical (unpaired) electrons. The Hall–Kier alpha value is -2.36. The molecule has 1 N–H and O–H groups in total. The smallest absolute Gasteiger partial charge is 0.345 e. The van der Waals surface area contributed by atoms with Crippen molar-refractivity contribution < 1.29 is 14.3 Å². The lowest BCUT2D eigenvalue weighted by Crippen LogP contribution is -2.27. The highest BCUT2D eigenvalue weighted by atomic mass is 79.9. The summed E-state index contributed by atoms with van der Waals surface area (Å²) in [7, 11) is 0. The summed E-state index contributed by atoms with van der Waals surface area (Å²) in [5.74, 6) is -0.664. The van der Waals surface area contributed by atoms with Crippen LogP contribution in [0, 0.1) is 5.92 Å². The van der Waals surface area contributed by atoms with Gasteiger partial charge in [-0.1, -0.05) is 15.9 Å². The van der Waals surface area contributed by atoms with Crippen LogP contribution in [0.25, 0.3) is 22.2 Å². The van der Waals surface area contributed by atoms with Crippen molar-refractivity contribution in [1.82, 2.24) is 4.98 Å². The molecule has 1 atom stereocenters. The second-order valence-electron chi connectivity index (χ2n) is 6.10. The zero-order chi connectivity index (χ0) is 19.1. The maximum atomic E-state index is 12.5. The van der Waals surface area contributed by atoms with E-state index in [4.69, 9.17) is 9.52 Å². The van der Waals surface area contributed by atoms with E-state index < -0.39 is 11.5 Å². The molecule has 27 heavy (non-hydrogen) atoms. The first-order valence-electron chi connectivity index (χ1n) is 8.17. The van der Waals surface area contributed by atoms with Crippen LogP contribution in [0.1, 0.15) is 13.3 Å². The second kappa shape index (κ2) is 6.99. The number of aliphatic hydroxyl groups is 1. The fraction of sp³-hybridized carbons (Fsp3) is 0.222. The number of carbonyl (C=O) groups excluding carboxylic acids is 1. The first-order valence-corrected chi connectivity index (χ1v) is 9.84. The van der Waals surface area contributed by atoms with Gasteiger partial charge in [-0.2, -0.15) is 10.1 Å². The molecule has 1 aliphatic heterocycles. The molecule has 3 aromatic rings. The molecule has 1 aromatic carbocycles. The van der Waals surface area contributed by atoms with Gasteiger partial charge in [-0.25, -0.2) is 9.78 Å². The molecule has 0 spiro atoms. The van der Waals surface area contributed by atoms with Gasteiger partial charge in [0.2, 0.25) is 5.13 Å². The van der Waals surface area contributed by atoms with Gasteiger partial charge in [-0.3, -0.25) is 4.79 Å². The average molecular weight is 448 g/mol. The number of hydrogen-bond donors (Lipinski definition) is 1. The van der Waals surface area contributed by atoms with Crippen LogP contribution in [-0.2, 0) is 4.79 Å². The molecular weight excluding hydrogens is 434 g/mol. The summed E-state index contributed by atoms with van der Waals surface area (Å²) in [6, 6.07) is 7.10. The van der Waals surface area contributed by atoms with Crippen molar-refractivity contribution in [2.24, 2.45) is 11.0 Å². The van der Waals surface area contributed by atoms with Gasteiger partial charge in [0.15, 0.2) is 0 Å². The van der Waals surface area contributed by atoms with E-state index in [2.05, 4.69) is 26.0 Å². The van der Waals surface area contributed by atoms with Gasteiger partial charge < -0.3 is 9.52 Å². The molecule has 0 saturated carbocycles. The molecule has 138 valence electrons. The molecule has 0 fully saturated rings. The van der Waals surface area contributed by atoms with Crippen molar-refractivity contribution in [3.63, 3.8) is 0 Å². The normalized spacial score (nSPS) is 17.0. The maximum Gasteiger partial charge on any atom is 0.345 e. The number of fused-ring (bicyclic) bond motifs is 1. The number of benzene rings is 1. The average Bonchev–Trinajstić information content (AvgIpc) is 3.22. The molecule has 0 aliphatic carbocycles.